The summed E-state index contributed by atoms with van der Waals surface area (Å²) < 4.78 is 22.1. The molecule has 3 aliphatic rings. The van der Waals surface area contributed by atoms with Crippen LogP contribution in [-0.2, 0) is 17.6 Å². The van der Waals surface area contributed by atoms with E-state index in [0.717, 1.165) is 49.0 Å². The van der Waals surface area contributed by atoms with Gasteiger partial charge < -0.3 is 25.4 Å². The summed E-state index contributed by atoms with van der Waals surface area (Å²) >= 11 is 0. The third-order valence-corrected chi connectivity index (χ3v) is 9.48. The van der Waals surface area contributed by atoms with Crippen molar-refractivity contribution in [2.24, 2.45) is 0 Å². The van der Waals surface area contributed by atoms with Gasteiger partial charge in [0.15, 0.2) is 5.82 Å². The number of rotatable bonds is 10. The van der Waals surface area contributed by atoms with Crippen molar-refractivity contribution in [3.8, 4) is 11.8 Å². The smallest absolute Gasteiger partial charge is 0.254 e. The van der Waals surface area contributed by atoms with E-state index in [2.05, 4.69) is 35.8 Å². The quantitative estimate of drug-likeness (QED) is 0.294. The first-order valence-electron chi connectivity index (χ1n) is 15.9. The highest BCUT2D eigenvalue weighted by Crippen LogP contribution is 2.49. The van der Waals surface area contributed by atoms with Crippen LogP contribution in [0.3, 0.4) is 0 Å². The number of nitriles is 1. The Bertz CT molecular complexity index is 1630. The van der Waals surface area contributed by atoms with Crippen LogP contribution in [0.1, 0.15) is 84.1 Å². The molecule has 0 bridgehead atoms. The fourth-order valence-corrected chi connectivity index (χ4v) is 6.76. The number of benzene rings is 3. The number of carbonyl (C=O) groups excluding carboxylic acids is 2. The predicted octanol–water partition coefficient (Wildman–Crippen LogP) is 5.12. The number of ether oxygens (including phenoxy) is 1. The molecule has 3 N–H and O–H groups in total. The van der Waals surface area contributed by atoms with Crippen molar-refractivity contribution in [3.63, 3.8) is 0 Å². The largest absolute Gasteiger partial charge is 0.487 e. The molecule has 234 valence electrons. The zero-order chi connectivity index (χ0) is 31.6. The molecule has 0 unspecified atom stereocenters. The highest BCUT2D eigenvalue weighted by Gasteiger charge is 2.45. The third kappa shape index (κ3) is 6.44. The molecule has 2 fully saturated rings. The van der Waals surface area contributed by atoms with Gasteiger partial charge in [0.2, 0.25) is 5.91 Å². The van der Waals surface area contributed by atoms with Crippen LogP contribution in [0.15, 0.2) is 60.7 Å². The van der Waals surface area contributed by atoms with E-state index in [1.54, 1.807) is 24.3 Å². The Morgan fingerprint density at radius 3 is 2.69 bits per heavy atom. The molecule has 3 aromatic carbocycles. The first-order valence-corrected chi connectivity index (χ1v) is 15.9. The lowest BCUT2D eigenvalue weighted by atomic mass is 9.72. The molecular formula is C36H39FN4O4. The lowest BCUT2D eigenvalue weighted by Crippen LogP contribution is -2.52. The van der Waals surface area contributed by atoms with Crippen molar-refractivity contribution in [2.45, 2.75) is 82.1 Å². The second-order valence-electron chi connectivity index (χ2n) is 12.5. The standard InChI is InChI=1S/C36H39FN4O4/c1-2-23-12-13-32-27(18-23)29(20-36(45-32)14-6-15-36)39-22-31(42)28(19-24-7-3-8-25(17-24)21-38)40-35(44)26-9-4-10-30(34(26)37)41-16-5-11-33(41)43/h3-4,7-10,12-13,17-18,28-29,31,39,42H,2,5-6,11,14-16,19-20,22H2,1H3,(H,40,44)/t28-,29-,31+/m0/s1. The van der Waals surface area contributed by atoms with E-state index >= 15 is 4.39 Å². The van der Waals surface area contributed by atoms with Crippen LogP contribution in [0.25, 0.3) is 0 Å². The number of nitrogens with zero attached hydrogens (tertiary/aromatic N) is 2. The monoisotopic (exact) mass is 610 g/mol. The number of nitrogens with one attached hydrogen (secondary N) is 2. The average molecular weight is 611 g/mol. The second kappa shape index (κ2) is 13.0. The molecule has 2 aliphatic heterocycles. The molecule has 0 radical (unpaired) electrons. The Kier molecular flexibility index (Phi) is 8.88. The Morgan fingerprint density at radius 1 is 1.16 bits per heavy atom. The van der Waals surface area contributed by atoms with Crippen molar-refractivity contribution in [3.05, 3.63) is 94.3 Å². The van der Waals surface area contributed by atoms with Crippen LogP contribution < -0.4 is 20.3 Å². The highest BCUT2D eigenvalue weighted by atomic mass is 19.1. The predicted molar refractivity (Wildman–Crippen MR) is 168 cm³/mol. The summed E-state index contributed by atoms with van der Waals surface area (Å²) in [6.07, 6.45) is 4.95. The number of halogens is 1. The van der Waals surface area contributed by atoms with Gasteiger partial charge in [-0.15, -0.1) is 0 Å². The van der Waals surface area contributed by atoms with Gasteiger partial charge in [0.05, 0.1) is 35.0 Å². The van der Waals surface area contributed by atoms with Crippen molar-refractivity contribution in [2.75, 3.05) is 18.0 Å². The molecule has 1 saturated heterocycles. The maximum absolute atomic E-state index is 15.7. The maximum atomic E-state index is 15.7. The molecule has 1 spiro atoms. The van der Waals surface area contributed by atoms with Crippen LogP contribution in [0.4, 0.5) is 10.1 Å². The SMILES string of the molecule is CCc1ccc2c(c1)[C@@H](NC[C@@H](O)[C@H](Cc1cccc(C#N)c1)NC(=O)c1cccc(N3CCCC3=O)c1F)CC1(CCC1)O2. The van der Waals surface area contributed by atoms with Crippen LogP contribution in [0.5, 0.6) is 5.75 Å². The summed E-state index contributed by atoms with van der Waals surface area (Å²) in [6, 6.07) is 19.1. The molecule has 3 atom stereocenters. The first kappa shape index (κ1) is 30.8. The third-order valence-electron chi connectivity index (χ3n) is 9.48. The van der Waals surface area contributed by atoms with Crippen LogP contribution in [-0.4, -0.2) is 47.8 Å². The molecule has 45 heavy (non-hydrogen) atoms. The van der Waals surface area contributed by atoms with E-state index in [1.807, 2.05) is 12.1 Å². The number of hydrogen-bond donors (Lipinski definition) is 3. The van der Waals surface area contributed by atoms with E-state index in [-0.39, 0.29) is 41.8 Å². The topological polar surface area (TPSA) is 115 Å². The molecule has 0 aromatic heterocycles. The summed E-state index contributed by atoms with van der Waals surface area (Å²) in [4.78, 5) is 27.2. The van der Waals surface area contributed by atoms with Gasteiger partial charge in [-0.05, 0) is 80.0 Å². The van der Waals surface area contributed by atoms with Gasteiger partial charge in [-0.1, -0.05) is 37.3 Å². The zero-order valence-electron chi connectivity index (χ0n) is 25.5. The van der Waals surface area contributed by atoms with Crippen molar-refractivity contribution < 1.29 is 23.8 Å². The average Bonchev–Trinajstić information content (AvgIpc) is 3.47. The van der Waals surface area contributed by atoms with Gasteiger partial charge in [0.1, 0.15) is 11.4 Å². The normalized spacial score (nSPS) is 19.6. The van der Waals surface area contributed by atoms with Gasteiger partial charge >= 0.3 is 0 Å². The number of aliphatic hydroxyl groups excluding tert-OH is 1. The minimum atomic E-state index is -1.04. The molecule has 8 nitrogen and oxygen atoms in total. The summed E-state index contributed by atoms with van der Waals surface area (Å²) in [5.74, 6) is -0.749. The van der Waals surface area contributed by atoms with E-state index in [1.165, 1.54) is 22.6 Å². The van der Waals surface area contributed by atoms with E-state index in [4.69, 9.17) is 4.74 Å². The highest BCUT2D eigenvalue weighted by molar-refractivity contribution is 5.99. The zero-order valence-corrected chi connectivity index (χ0v) is 25.5. The molecule has 1 aliphatic carbocycles. The molecule has 2 heterocycles. The van der Waals surface area contributed by atoms with Gasteiger partial charge in [0, 0.05) is 37.5 Å². The number of amides is 2. The number of fused-ring (bicyclic) bond motifs is 1. The molecule has 1 saturated carbocycles. The van der Waals surface area contributed by atoms with Gasteiger partial charge in [0.25, 0.3) is 5.91 Å². The lowest BCUT2D eigenvalue weighted by molar-refractivity contribution is -0.117. The maximum Gasteiger partial charge on any atom is 0.254 e. The van der Waals surface area contributed by atoms with Crippen LogP contribution in [0, 0.1) is 17.1 Å². The minimum Gasteiger partial charge on any atom is -0.487 e. The molecule has 6 rings (SSSR count). The van der Waals surface area contributed by atoms with E-state index in [0.29, 0.717) is 24.9 Å². The Labute approximate surface area is 263 Å². The van der Waals surface area contributed by atoms with Crippen LogP contribution in [0.2, 0.25) is 0 Å². The number of aryl methyl sites for hydroxylation is 1. The Morgan fingerprint density at radius 2 is 1.98 bits per heavy atom. The summed E-state index contributed by atoms with van der Waals surface area (Å²) in [5, 5.41) is 27.4. The van der Waals surface area contributed by atoms with Crippen LogP contribution >= 0.6 is 0 Å². The number of hydrogen-bond acceptors (Lipinski definition) is 6. The van der Waals surface area contributed by atoms with Gasteiger partial charge in [-0.2, -0.15) is 5.26 Å². The summed E-state index contributed by atoms with van der Waals surface area (Å²) in [5.41, 5.74) is 3.19. The fourth-order valence-electron chi connectivity index (χ4n) is 6.76. The van der Waals surface area contributed by atoms with Crippen molar-refractivity contribution >= 4 is 17.5 Å². The lowest BCUT2D eigenvalue weighted by Gasteiger charge is -2.48. The molecule has 3 aromatic rings. The number of anilines is 1. The number of carbonyl (C=O) groups is 2. The van der Waals surface area contributed by atoms with Gasteiger partial charge in [-0.25, -0.2) is 4.39 Å². The summed E-state index contributed by atoms with van der Waals surface area (Å²) in [6.45, 7) is 2.69. The molecule has 2 amide bonds. The van der Waals surface area contributed by atoms with E-state index in [9.17, 15) is 20.0 Å². The molecule has 9 heteroatoms. The van der Waals surface area contributed by atoms with Crippen molar-refractivity contribution in [1.29, 1.82) is 5.26 Å². The second-order valence-corrected chi connectivity index (χ2v) is 12.5. The molecular weight excluding hydrogens is 571 g/mol. The van der Waals surface area contributed by atoms with Crippen molar-refractivity contribution in [1.82, 2.24) is 10.6 Å². The number of aliphatic hydroxyl groups is 1. The van der Waals surface area contributed by atoms with Gasteiger partial charge in [-0.3, -0.25) is 9.59 Å². The Hall–Kier alpha value is -4.26. The minimum absolute atomic E-state index is 0.0411. The fraction of sp³-hybridized carbons (Fsp3) is 0.417. The summed E-state index contributed by atoms with van der Waals surface area (Å²) in [7, 11) is 0. The van der Waals surface area contributed by atoms with E-state index < -0.39 is 23.9 Å². The Balaban J connectivity index is 1.23. The first-order chi connectivity index (χ1) is 21.8.